The van der Waals surface area contributed by atoms with Crippen molar-refractivity contribution in [3.05, 3.63) is 18.2 Å². The van der Waals surface area contributed by atoms with Crippen LogP contribution in [0, 0.1) is 0 Å². The second kappa shape index (κ2) is 7.89. The number of likely N-dealkylation sites (N-methyl/N-ethyl adjacent to an activating group) is 1. The molecule has 0 spiro atoms. The Morgan fingerprint density at radius 3 is 2.63 bits per heavy atom. The lowest BCUT2D eigenvalue weighted by Gasteiger charge is -2.21. The molecule has 0 bridgehead atoms. The minimum Gasteiger partial charge on any atom is -0.491 e. The molecule has 1 aromatic rings. The first kappa shape index (κ1) is 15.6. The summed E-state index contributed by atoms with van der Waals surface area (Å²) in [6.45, 7) is 8.40. The molecule has 2 N–H and O–H groups in total. The van der Waals surface area contributed by atoms with Crippen molar-refractivity contribution in [3.8, 4) is 5.75 Å². The first-order valence-corrected chi connectivity index (χ1v) is 6.89. The zero-order valence-corrected chi connectivity index (χ0v) is 12.5. The second-order valence-corrected chi connectivity index (χ2v) is 4.91. The molecule has 0 aliphatic rings. The van der Waals surface area contributed by atoms with Gasteiger partial charge in [-0.3, -0.25) is 0 Å². The summed E-state index contributed by atoms with van der Waals surface area (Å²) >= 11 is 0. The van der Waals surface area contributed by atoms with Gasteiger partial charge in [0.1, 0.15) is 5.75 Å². The van der Waals surface area contributed by atoms with E-state index in [0.717, 1.165) is 24.4 Å². The van der Waals surface area contributed by atoms with E-state index in [9.17, 15) is 0 Å². The molecule has 0 unspecified atom stereocenters. The van der Waals surface area contributed by atoms with Crippen molar-refractivity contribution >= 4 is 11.4 Å². The lowest BCUT2D eigenvalue weighted by atomic mass is 10.2. The molecule has 0 heterocycles. The summed E-state index contributed by atoms with van der Waals surface area (Å²) in [6.07, 6.45) is 1.24. The normalized spacial score (nSPS) is 10.8. The zero-order valence-electron chi connectivity index (χ0n) is 12.5. The highest BCUT2D eigenvalue weighted by Gasteiger charge is 2.06. The number of hydrogen-bond acceptors (Lipinski definition) is 4. The molecule has 0 fully saturated rings. The molecule has 0 aromatic heterocycles. The van der Waals surface area contributed by atoms with Crippen LogP contribution in [0.5, 0.6) is 5.75 Å². The van der Waals surface area contributed by atoms with E-state index in [0.29, 0.717) is 18.9 Å². The number of ether oxygens (including phenoxy) is 2. The van der Waals surface area contributed by atoms with Crippen LogP contribution in [0.25, 0.3) is 0 Å². The summed E-state index contributed by atoms with van der Waals surface area (Å²) in [5.41, 5.74) is 7.68. The van der Waals surface area contributed by atoms with Gasteiger partial charge in [0.05, 0.1) is 25.0 Å². The van der Waals surface area contributed by atoms with Crippen molar-refractivity contribution in [2.45, 2.75) is 33.3 Å². The van der Waals surface area contributed by atoms with Crippen molar-refractivity contribution in [2.75, 3.05) is 37.4 Å². The number of anilines is 2. The third kappa shape index (κ3) is 5.39. The average molecular weight is 266 g/mol. The molecular formula is C15H26N2O2. The summed E-state index contributed by atoms with van der Waals surface area (Å²) in [5, 5.41) is 0. The molecule has 4 nitrogen and oxygen atoms in total. The van der Waals surface area contributed by atoms with E-state index in [4.69, 9.17) is 15.2 Å². The van der Waals surface area contributed by atoms with Gasteiger partial charge < -0.3 is 20.1 Å². The Hall–Kier alpha value is -1.42. The number of nitrogens with two attached hydrogens (primary N) is 1. The largest absolute Gasteiger partial charge is 0.491 e. The van der Waals surface area contributed by atoms with Crippen molar-refractivity contribution in [3.63, 3.8) is 0 Å². The number of hydrogen-bond donors (Lipinski definition) is 1. The fraction of sp³-hybridized carbons (Fsp3) is 0.600. The molecule has 0 aliphatic heterocycles. The minimum atomic E-state index is 0.267. The van der Waals surface area contributed by atoms with Crippen LogP contribution in [0.3, 0.4) is 0 Å². The first-order valence-electron chi connectivity index (χ1n) is 6.89. The van der Waals surface area contributed by atoms with Gasteiger partial charge in [0.2, 0.25) is 0 Å². The van der Waals surface area contributed by atoms with Crippen molar-refractivity contribution in [1.29, 1.82) is 0 Å². The molecule has 0 saturated carbocycles. The Morgan fingerprint density at radius 1 is 1.26 bits per heavy atom. The lowest BCUT2D eigenvalue weighted by molar-refractivity contribution is 0.0846. The van der Waals surface area contributed by atoms with Gasteiger partial charge in [-0.25, -0.2) is 0 Å². The molecule has 0 saturated heterocycles. The first-order chi connectivity index (χ1) is 9.04. The Kier molecular flexibility index (Phi) is 6.50. The Balaban J connectivity index is 2.61. The van der Waals surface area contributed by atoms with Gasteiger partial charge >= 0.3 is 0 Å². The Morgan fingerprint density at radius 2 is 2.00 bits per heavy atom. The predicted octanol–water partition coefficient (Wildman–Crippen LogP) is 2.92. The van der Waals surface area contributed by atoms with Gasteiger partial charge in [-0.15, -0.1) is 0 Å². The summed E-state index contributed by atoms with van der Waals surface area (Å²) < 4.78 is 11.2. The molecule has 4 heteroatoms. The topological polar surface area (TPSA) is 47.7 Å². The van der Waals surface area contributed by atoms with Crippen LogP contribution < -0.4 is 15.4 Å². The third-order valence-electron chi connectivity index (χ3n) is 2.78. The van der Waals surface area contributed by atoms with Gasteiger partial charge in [-0.2, -0.15) is 0 Å². The molecule has 0 aliphatic carbocycles. The van der Waals surface area contributed by atoms with E-state index in [-0.39, 0.29) is 6.10 Å². The lowest BCUT2D eigenvalue weighted by Crippen LogP contribution is -2.23. The maximum absolute atomic E-state index is 5.90. The molecule has 1 aromatic carbocycles. The number of benzene rings is 1. The van der Waals surface area contributed by atoms with Gasteiger partial charge in [0.25, 0.3) is 0 Å². The summed E-state index contributed by atoms with van der Waals surface area (Å²) in [4.78, 5) is 2.14. The van der Waals surface area contributed by atoms with Crippen LogP contribution in [0.2, 0.25) is 0 Å². The van der Waals surface area contributed by atoms with Crippen molar-refractivity contribution in [1.82, 2.24) is 0 Å². The molecule has 108 valence electrons. The number of nitrogen functional groups attached to an aromatic ring is 1. The Labute approximate surface area is 116 Å². The van der Waals surface area contributed by atoms with Crippen LogP contribution >= 0.6 is 0 Å². The fourth-order valence-corrected chi connectivity index (χ4v) is 1.65. The molecule has 0 amide bonds. The van der Waals surface area contributed by atoms with Crippen molar-refractivity contribution in [2.24, 2.45) is 0 Å². The number of nitrogens with zero attached hydrogens (tertiary/aromatic N) is 1. The van der Waals surface area contributed by atoms with Gasteiger partial charge in [0, 0.05) is 25.3 Å². The average Bonchev–Trinajstić information content (AvgIpc) is 2.37. The zero-order chi connectivity index (χ0) is 14.3. The molecule has 0 atom stereocenters. The predicted molar refractivity (Wildman–Crippen MR) is 81.0 cm³/mol. The SMILES string of the molecule is CCCOc1cc(N(C)CCOC(C)C)ccc1N. The van der Waals surface area contributed by atoms with Gasteiger partial charge in [-0.1, -0.05) is 6.92 Å². The van der Waals surface area contributed by atoms with Gasteiger partial charge in [-0.05, 0) is 32.4 Å². The van der Waals surface area contributed by atoms with Crippen LogP contribution in [0.4, 0.5) is 11.4 Å². The second-order valence-electron chi connectivity index (χ2n) is 4.91. The standard InChI is InChI=1S/C15H26N2O2/c1-5-9-19-15-11-13(6-7-14(15)16)17(4)8-10-18-12(2)3/h6-7,11-12H,5,8-10,16H2,1-4H3. The molecule has 19 heavy (non-hydrogen) atoms. The molecular weight excluding hydrogens is 240 g/mol. The van der Waals surface area contributed by atoms with E-state index >= 15 is 0 Å². The maximum Gasteiger partial charge on any atom is 0.144 e. The van der Waals surface area contributed by atoms with Gasteiger partial charge in [0.15, 0.2) is 0 Å². The van der Waals surface area contributed by atoms with Crippen molar-refractivity contribution < 1.29 is 9.47 Å². The molecule has 0 radical (unpaired) electrons. The smallest absolute Gasteiger partial charge is 0.144 e. The highest BCUT2D eigenvalue weighted by atomic mass is 16.5. The van der Waals surface area contributed by atoms with Crippen LogP contribution in [-0.4, -0.2) is 32.9 Å². The molecule has 1 rings (SSSR count). The Bertz CT molecular complexity index is 380. The number of rotatable bonds is 8. The van der Waals surface area contributed by atoms with E-state index in [1.807, 2.05) is 39.1 Å². The van der Waals surface area contributed by atoms with E-state index in [1.54, 1.807) is 0 Å². The van der Waals surface area contributed by atoms with E-state index in [1.165, 1.54) is 0 Å². The summed E-state index contributed by atoms with van der Waals surface area (Å²) in [7, 11) is 2.04. The van der Waals surface area contributed by atoms with E-state index < -0.39 is 0 Å². The van der Waals surface area contributed by atoms with Crippen LogP contribution in [0.1, 0.15) is 27.2 Å². The highest BCUT2D eigenvalue weighted by Crippen LogP contribution is 2.27. The minimum absolute atomic E-state index is 0.267. The quantitative estimate of drug-likeness (QED) is 0.735. The third-order valence-corrected chi connectivity index (χ3v) is 2.78. The fourth-order valence-electron chi connectivity index (χ4n) is 1.65. The van der Waals surface area contributed by atoms with E-state index in [2.05, 4.69) is 11.8 Å². The summed E-state index contributed by atoms with van der Waals surface area (Å²) in [5.74, 6) is 0.760. The van der Waals surface area contributed by atoms with Crippen LogP contribution in [-0.2, 0) is 4.74 Å². The maximum atomic E-state index is 5.90. The van der Waals surface area contributed by atoms with Crippen LogP contribution in [0.15, 0.2) is 18.2 Å². The monoisotopic (exact) mass is 266 g/mol. The summed E-state index contributed by atoms with van der Waals surface area (Å²) in [6, 6.07) is 5.88. The highest BCUT2D eigenvalue weighted by molar-refractivity contribution is 5.62.